The van der Waals surface area contributed by atoms with Gasteiger partial charge in [-0.15, -0.1) is 0 Å². The highest BCUT2D eigenvalue weighted by atomic mass is 16.5. The van der Waals surface area contributed by atoms with Gasteiger partial charge in [0.1, 0.15) is 12.3 Å². The van der Waals surface area contributed by atoms with Crippen LogP contribution in [0.5, 0.6) is 0 Å². The van der Waals surface area contributed by atoms with Crippen LogP contribution in [0.25, 0.3) is 0 Å². The minimum atomic E-state index is -0.528. The lowest BCUT2D eigenvalue weighted by Crippen LogP contribution is -2.60. The first kappa shape index (κ1) is 10.4. The summed E-state index contributed by atoms with van der Waals surface area (Å²) in [5.41, 5.74) is 0. The summed E-state index contributed by atoms with van der Waals surface area (Å²) in [6.45, 7) is 0.724. The molecule has 2 rings (SSSR count). The van der Waals surface area contributed by atoms with Gasteiger partial charge >= 0.3 is 0 Å². The molecule has 2 bridgehead atoms. The van der Waals surface area contributed by atoms with Crippen LogP contribution in [0.1, 0.15) is 12.8 Å². The maximum absolute atomic E-state index is 12.0. The molecule has 2 aliphatic rings. The van der Waals surface area contributed by atoms with Gasteiger partial charge < -0.3 is 9.47 Å². The lowest BCUT2D eigenvalue weighted by atomic mass is 9.73. The SMILES string of the molecule is CO[C@@H]1CC[C@H]2C([O])[C@@H]1CN[C@H]2OC. The molecule has 0 amide bonds. The van der Waals surface area contributed by atoms with Crippen LogP contribution in [-0.2, 0) is 14.6 Å². The topological polar surface area (TPSA) is 50.4 Å². The average molecular weight is 200 g/mol. The molecule has 0 spiro atoms. The van der Waals surface area contributed by atoms with Crippen molar-refractivity contribution in [3.63, 3.8) is 0 Å². The van der Waals surface area contributed by atoms with Crippen LogP contribution in [0.3, 0.4) is 0 Å². The van der Waals surface area contributed by atoms with E-state index in [0.717, 1.165) is 19.4 Å². The van der Waals surface area contributed by atoms with E-state index in [1.54, 1.807) is 14.2 Å². The molecule has 1 saturated heterocycles. The Kier molecular flexibility index (Phi) is 3.07. The standard InChI is InChI=1S/C10H18NO3/c1-13-8-4-3-6-9(12)7(8)5-11-10(6)14-2/h6-11H,3-5H2,1-2H3/t6-,7+,8+,9?,10-/m0/s1. The molecule has 2 fully saturated rings. The lowest BCUT2D eigenvalue weighted by Gasteiger charge is -2.46. The maximum Gasteiger partial charge on any atom is 0.113 e. The third-order valence-corrected chi connectivity index (χ3v) is 3.61. The predicted octanol–water partition coefficient (Wildman–Crippen LogP) is 0.402. The maximum atomic E-state index is 12.0. The van der Waals surface area contributed by atoms with Crippen molar-refractivity contribution in [1.82, 2.24) is 5.32 Å². The average Bonchev–Trinajstić information content (AvgIpc) is 2.18. The molecule has 0 aromatic carbocycles. The Morgan fingerprint density at radius 1 is 1.14 bits per heavy atom. The summed E-state index contributed by atoms with van der Waals surface area (Å²) in [5.74, 6) is 0.232. The van der Waals surface area contributed by atoms with Crippen molar-refractivity contribution in [1.29, 1.82) is 0 Å². The fraction of sp³-hybridized carbons (Fsp3) is 1.00. The van der Waals surface area contributed by atoms with Gasteiger partial charge in [-0.3, -0.25) is 5.32 Å². The molecule has 5 atom stereocenters. The summed E-state index contributed by atoms with van der Waals surface area (Å²) in [6, 6.07) is 0. The summed E-state index contributed by atoms with van der Waals surface area (Å²) in [7, 11) is 3.35. The van der Waals surface area contributed by atoms with Crippen LogP contribution in [0.2, 0.25) is 0 Å². The molecule has 1 aliphatic heterocycles. The molecule has 1 saturated carbocycles. The molecular formula is C10H18NO3. The summed E-state index contributed by atoms with van der Waals surface area (Å²) in [6.07, 6.45) is 1.46. The first-order valence-corrected chi connectivity index (χ1v) is 5.22. The van der Waals surface area contributed by atoms with Crippen LogP contribution >= 0.6 is 0 Å². The molecule has 1 radical (unpaired) electrons. The Bertz CT molecular complexity index is 180. The van der Waals surface area contributed by atoms with Crippen molar-refractivity contribution in [2.24, 2.45) is 11.8 Å². The highest BCUT2D eigenvalue weighted by molar-refractivity contribution is 4.95. The number of fused-ring (bicyclic) bond motifs is 2. The zero-order chi connectivity index (χ0) is 10.1. The molecule has 4 heteroatoms. The van der Waals surface area contributed by atoms with E-state index < -0.39 is 6.10 Å². The van der Waals surface area contributed by atoms with Crippen LogP contribution in [0.15, 0.2) is 0 Å². The third kappa shape index (κ3) is 1.56. The highest BCUT2D eigenvalue weighted by Crippen LogP contribution is 2.36. The van der Waals surface area contributed by atoms with Crippen molar-refractivity contribution in [2.75, 3.05) is 20.8 Å². The number of hydrogen-bond donors (Lipinski definition) is 1. The van der Waals surface area contributed by atoms with Crippen molar-refractivity contribution in [3.8, 4) is 0 Å². The highest BCUT2D eigenvalue weighted by Gasteiger charge is 2.46. The number of hydrogen-bond acceptors (Lipinski definition) is 3. The van der Waals surface area contributed by atoms with Gasteiger partial charge in [-0.1, -0.05) is 0 Å². The summed E-state index contributed by atoms with van der Waals surface area (Å²) < 4.78 is 10.6. The van der Waals surface area contributed by atoms with Crippen LogP contribution < -0.4 is 5.32 Å². The second-order valence-electron chi connectivity index (χ2n) is 4.21. The number of nitrogens with one attached hydrogen (secondary N) is 1. The van der Waals surface area contributed by atoms with Crippen molar-refractivity contribution in [3.05, 3.63) is 0 Å². The molecule has 4 nitrogen and oxygen atoms in total. The van der Waals surface area contributed by atoms with Crippen molar-refractivity contribution >= 4 is 0 Å². The van der Waals surface area contributed by atoms with Gasteiger partial charge in [0, 0.05) is 32.6 Å². The van der Waals surface area contributed by atoms with E-state index in [2.05, 4.69) is 5.32 Å². The van der Waals surface area contributed by atoms with Crippen LogP contribution in [0, 0.1) is 11.8 Å². The Morgan fingerprint density at radius 2 is 1.93 bits per heavy atom. The molecule has 1 heterocycles. The van der Waals surface area contributed by atoms with E-state index in [-0.39, 0.29) is 24.2 Å². The zero-order valence-corrected chi connectivity index (χ0v) is 8.73. The lowest BCUT2D eigenvalue weighted by molar-refractivity contribution is -0.166. The van der Waals surface area contributed by atoms with Crippen molar-refractivity contribution < 1.29 is 14.6 Å². The van der Waals surface area contributed by atoms with Gasteiger partial charge in [-0.25, -0.2) is 5.11 Å². The predicted molar refractivity (Wildman–Crippen MR) is 50.3 cm³/mol. The second-order valence-corrected chi connectivity index (χ2v) is 4.21. The first-order valence-electron chi connectivity index (χ1n) is 5.22. The number of ether oxygens (including phenoxy) is 2. The van der Waals surface area contributed by atoms with Gasteiger partial charge in [0.15, 0.2) is 0 Å². The minimum absolute atomic E-state index is 0.0495. The quantitative estimate of drug-likeness (QED) is 0.702. The molecule has 1 unspecified atom stereocenters. The smallest absolute Gasteiger partial charge is 0.113 e. The van der Waals surface area contributed by atoms with Gasteiger partial charge in [-0.05, 0) is 12.8 Å². The van der Waals surface area contributed by atoms with Gasteiger partial charge in [-0.2, -0.15) is 0 Å². The van der Waals surface area contributed by atoms with Crippen LogP contribution in [0.4, 0.5) is 0 Å². The Hall–Kier alpha value is -0.160. The fourth-order valence-electron chi connectivity index (χ4n) is 2.79. The fourth-order valence-corrected chi connectivity index (χ4v) is 2.79. The number of methoxy groups -OCH3 is 2. The molecule has 14 heavy (non-hydrogen) atoms. The van der Waals surface area contributed by atoms with Gasteiger partial charge in [0.25, 0.3) is 0 Å². The Morgan fingerprint density at radius 3 is 2.57 bits per heavy atom. The summed E-state index contributed by atoms with van der Waals surface area (Å²) >= 11 is 0. The number of piperidine rings is 1. The minimum Gasteiger partial charge on any atom is -0.381 e. The van der Waals surface area contributed by atoms with E-state index in [9.17, 15) is 5.11 Å². The first-order chi connectivity index (χ1) is 6.77. The van der Waals surface area contributed by atoms with E-state index in [1.807, 2.05) is 0 Å². The molecule has 1 aliphatic carbocycles. The largest absolute Gasteiger partial charge is 0.381 e. The summed E-state index contributed by atoms with van der Waals surface area (Å²) in [5, 5.41) is 15.3. The zero-order valence-electron chi connectivity index (χ0n) is 8.73. The Labute approximate surface area is 84.6 Å². The molecule has 81 valence electrons. The van der Waals surface area contributed by atoms with E-state index in [1.165, 1.54) is 0 Å². The summed E-state index contributed by atoms with van der Waals surface area (Å²) in [4.78, 5) is 0. The van der Waals surface area contributed by atoms with E-state index in [4.69, 9.17) is 9.47 Å². The normalized spacial score (nSPS) is 47.8. The van der Waals surface area contributed by atoms with Crippen LogP contribution in [-0.4, -0.2) is 39.2 Å². The third-order valence-electron chi connectivity index (χ3n) is 3.61. The Balaban J connectivity index is 2.07. The van der Waals surface area contributed by atoms with Gasteiger partial charge in [0.2, 0.25) is 0 Å². The second kappa shape index (κ2) is 4.14. The van der Waals surface area contributed by atoms with Crippen molar-refractivity contribution in [2.45, 2.75) is 31.3 Å². The van der Waals surface area contributed by atoms with E-state index >= 15 is 0 Å². The number of rotatable bonds is 2. The monoisotopic (exact) mass is 200 g/mol. The van der Waals surface area contributed by atoms with Gasteiger partial charge in [0.05, 0.1) is 6.10 Å². The molecule has 0 aromatic heterocycles. The molecular weight excluding hydrogens is 182 g/mol. The molecule has 0 aromatic rings. The molecule has 1 N–H and O–H groups in total. The van der Waals surface area contributed by atoms with E-state index in [0.29, 0.717) is 0 Å².